The standard InChI is InChI=1S/C18H23NO4S2/c20-17(21)11-7-2-1-6-10-14-15(12-16-18(14)24-16)19-25(22,23)13-8-4-3-5-9-13/h1,3-6,8-9,14-16,18-19H,2,7,10-12H2,(H,20,21)/t14-,15+,16-,18+/m1/s1. The van der Waals surface area contributed by atoms with Crippen molar-refractivity contribution in [3.8, 4) is 0 Å². The lowest BCUT2D eigenvalue weighted by Crippen LogP contribution is -2.39. The van der Waals surface area contributed by atoms with Crippen molar-refractivity contribution in [2.75, 3.05) is 0 Å². The normalized spacial score (nSPS) is 28.2. The number of benzene rings is 1. The highest BCUT2D eigenvalue weighted by atomic mass is 32.2. The van der Waals surface area contributed by atoms with Gasteiger partial charge in [0, 0.05) is 23.0 Å². The zero-order valence-corrected chi connectivity index (χ0v) is 15.5. The lowest BCUT2D eigenvalue weighted by Gasteiger charge is -2.22. The van der Waals surface area contributed by atoms with Crippen molar-refractivity contribution < 1.29 is 18.3 Å². The molecule has 0 aromatic heterocycles. The fourth-order valence-electron chi connectivity index (χ4n) is 3.42. The molecule has 7 heteroatoms. The van der Waals surface area contributed by atoms with Gasteiger partial charge in [0.2, 0.25) is 10.0 Å². The third-order valence-electron chi connectivity index (χ3n) is 4.74. The smallest absolute Gasteiger partial charge is 0.303 e. The molecule has 1 aliphatic carbocycles. The number of fused-ring (bicyclic) bond motifs is 1. The van der Waals surface area contributed by atoms with E-state index in [1.165, 1.54) is 0 Å². The summed E-state index contributed by atoms with van der Waals surface area (Å²) in [6, 6.07) is 8.47. The fraction of sp³-hybridized carbons (Fsp3) is 0.500. The van der Waals surface area contributed by atoms with Crippen LogP contribution in [-0.2, 0) is 14.8 Å². The molecule has 0 amide bonds. The Morgan fingerprint density at radius 3 is 2.76 bits per heavy atom. The molecule has 2 N–H and O–H groups in total. The molecule has 1 saturated carbocycles. The quantitative estimate of drug-likeness (QED) is 0.390. The first-order valence-electron chi connectivity index (χ1n) is 8.57. The number of carboxylic acids is 1. The molecule has 25 heavy (non-hydrogen) atoms. The molecular formula is C18H23NO4S2. The number of sulfonamides is 1. The third-order valence-corrected chi connectivity index (χ3v) is 7.76. The zero-order valence-electron chi connectivity index (χ0n) is 13.9. The van der Waals surface area contributed by atoms with Crippen LogP contribution >= 0.6 is 11.8 Å². The van der Waals surface area contributed by atoms with Crippen LogP contribution in [0.25, 0.3) is 0 Å². The van der Waals surface area contributed by atoms with Gasteiger partial charge in [-0.05, 0) is 43.7 Å². The molecule has 136 valence electrons. The highest BCUT2D eigenvalue weighted by molar-refractivity contribution is 8.07. The van der Waals surface area contributed by atoms with Crippen LogP contribution in [0.1, 0.15) is 32.1 Å². The van der Waals surface area contributed by atoms with Gasteiger partial charge in [0.15, 0.2) is 0 Å². The van der Waals surface area contributed by atoms with E-state index in [1.807, 2.05) is 17.8 Å². The van der Waals surface area contributed by atoms with Crippen LogP contribution in [0.3, 0.4) is 0 Å². The van der Waals surface area contributed by atoms with Gasteiger partial charge in [-0.3, -0.25) is 4.79 Å². The Balaban J connectivity index is 1.55. The molecular weight excluding hydrogens is 358 g/mol. The highest BCUT2D eigenvalue weighted by Crippen LogP contribution is 2.57. The number of thioether (sulfide) groups is 1. The monoisotopic (exact) mass is 381 g/mol. The van der Waals surface area contributed by atoms with Crippen molar-refractivity contribution in [1.29, 1.82) is 0 Å². The maximum absolute atomic E-state index is 12.5. The Kier molecular flexibility index (Phi) is 5.86. The van der Waals surface area contributed by atoms with E-state index in [0.29, 0.717) is 27.7 Å². The first-order valence-corrected chi connectivity index (χ1v) is 11.0. The van der Waals surface area contributed by atoms with Crippen LogP contribution in [0.15, 0.2) is 47.4 Å². The van der Waals surface area contributed by atoms with E-state index in [0.717, 1.165) is 19.3 Å². The van der Waals surface area contributed by atoms with Crippen LogP contribution in [0.5, 0.6) is 0 Å². The molecule has 1 heterocycles. The lowest BCUT2D eigenvalue weighted by molar-refractivity contribution is -0.137. The van der Waals surface area contributed by atoms with Crippen LogP contribution < -0.4 is 4.72 Å². The summed E-state index contributed by atoms with van der Waals surface area (Å²) in [4.78, 5) is 10.8. The Morgan fingerprint density at radius 1 is 1.28 bits per heavy atom. The molecule has 2 fully saturated rings. The van der Waals surface area contributed by atoms with Crippen molar-refractivity contribution in [2.24, 2.45) is 5.92 Å². The largest absolute Gasteiger partial charge is 0.481 e. The number of hydrogen-bond donors (Lipinski definition) is 2. The lowest BCUT2D eigenvalue weighted by atomic mass is 9.99. The van der Waals surface area contributed by atoms with Crippen LogP contribution in [-0.4, -0.2) is 36.0 Å². The average Bonchev–Trinajstić information content (AvgIpc) is 3.25. The molecule has 4 atom stereocenters. The molecule has 0 spiro atoms. The Bertz CT molecular complexity index is 733. The van der Waals surface area contributed by atoms with Crippen molar-refractivity contribution in [1.82, 2.24) is 4.72 Å². The SMILES string of the molecule is O=C(O)CCCC=CC[C@H]1[C@@H]2S[C@@H]2C[C@@H]1NS(=O)(=O)c1ccccc1. The molecule has 0 radical (unpaired) electrons. The van der Waals surface area contributed by atoms with Crippen molar-refractivity contribution in [2.45, 2.75) is 53.5 Å². The number of carbonyl (C=O) groups is 1. The van der Waals surface area contributed by atoms with Gasteiger partial charge in [0.25, 0.3) is 0 Å². The summed E-state index contributed by atoms with van der Waals surface area (Å²) in [5, 5.41) is 9.75. The molecule has 2 aliphatic rings. The Hall–Kier alpha value is -1.31. The van der Waals surface area contributed by atoms with Crippen LogP contribution in [0.2, 0.25) is 0 Å². The summed E-state index contributed by atoms with van der Waals surface area (Å²) < 4.78 is 28.0. The van der Waals surface area contributed by atoms with E-state index >= 15 is 0 Å². The number of unbranched alkanes of at least 4 members (excludes halogenated alkanes) is 1. The molecule has 1 aromatic carbocycles. The fourth-order valence-corrected chi connectivity index (χ4v) is 6.19. The molecule has 5 nitrogen and oxygen atoms in total. The van der Waals surface area contributed by atoms with Crippen LogP contribution in [0.4, 0.5) is 0 Å². The van der Waals surface area contributed by atoms with Gasteiger partial charge in [-0.2, -0.15) is 11.8 Å². The van der Waals surface area contributed by atoms with Gasteiger partial charge >= 0.3 is 5.97 Å². The number of carboxylic acid groups (broad SMARTS) is 1. The number of aliphatic carboxylic acids is 1. The van der Waals surface area contributed by atoms with Crippen LogP contribution in [0, 0.1) is 5.92 Å². The molecule has 0 unspecified atom stereocenters. The minimum atomic E-state index is -3.48. The summed E-state index contributed by atoms with van der Waals surface area (Å²) in [6.45, 7) is 0. The number of allylic oxidation sites excluding steroid dienone is 2. The third kappa shape index (κ3) is 4.86. The van der Waals surface area contributed by atoms with Gasteiger partial charge in [-0.25, -0.2) is 13.1 Å². The average molecular weight is 382 g/mol. The molecule has 3 rings (SSSR count). The second kappa shape index (κ2) is 7.93. The van der Waals surface area contributed by atoms with Gasteiger partial charge in [-0.1, -0.05) is 30.4 Å². The number of nitrogens with one attached hydrogen (secondary N) is 1. The van der Waals surface area contributed by atoms with E-state index < -0.39 is 16.0 Å². The first-order chi connectivity index (χ1) is 12.0. The summed E-state index contributed by atoms with van der Waals surface area (Å²) in [6.07, 6.45) is 7.40. The number of hydrogen-bond acceptors (Lipinski definition) is 4. The van der Waals surface area contributed by atoms with E-state index in [-0.39, 0.29) is 12.5 Å². The van der Waals surface area contributed by atoms with Gasteiger partial charge < -0.3 is 5.11 Å². The minimum absolute atomic E-state index is 0.0230. The maximum atomic E-state index is 12.5. The molecule has 0 bridgehead atoms. The maximum Gasteiger partial charge on any atom is 0.303 e. The topological polar surface area (TPSA) is 83.5 Å². The van der Waals surface area contributed by atoms with Crippen molar-refractivity contribution >= 4 is 27.8 Å². The van der Waals surface area contributed by atoms with E-state index in [9.17, 15) is 13.2 Å². The second-order valence-electron chi connectivity index (χ2n) is 6.57. The van der Waals surface area contributed by atoms with Gasteiger partial charge in [0.05, 0.1) is 4.90 Å². The minimum Gasteiger partial charge on any atom is -0.481 e. The zero-order chi connectivity index (χ0) is 17.9. The predicted molar refractivity (Wildman–Crippen MR) is 99.1 cm³/mol. The van der Waals surface area contributed by atoms with E-state index in [1.54, 1.807) is 30.3 Å². The Labute approximate surface area is 152 Å². The molecule has 1 aromatic rings. The molecule has 1 aliphatic heterocycles. The molecule has 1 saturated heterocycles. The van der Waals surface area contributed by atoms with E-state index in [2.05, 4.69) is 10.8 Å². The van der Waals surface area contributed by atoms with Crippen molar-refractivity contribution in [3.63, 3.8) is 0 Å². The summed E-state index contributed by atoms with van der Waals surface area (Å²) in [5.74, 6) is -0.457. The van der Waals surface area contributed by atoms with Gasteiger partial charge in [0.1, 0.15) is 0 Å². The highest BCUT2D eigenvalue weighted by Gasteiger charge is 2.54. The van der Waals surface area contributed by atoms with E-state index in [4.69, 9.17) is 5.11 Å². The summed E-state index contributed by atoms with van der Waals surface area (Å²) >= 11 is 1.94. The van der Waals surface area contributed by atoms with Gasteiger partial charge in [-0.15, -0.1) is 0 Å². The first kappa shape index (κ1) is 18.5. The Morgan fingerprint density at radius 2 is 2.04 bits per heavy atom. The second-order valence-corrected chi connectivity index (χ2v) is 9.71. The summed E-state index contributed by atoms with van der Waals surface area (Å²) in [7, 11) is -3.48. The predicted octanol–water partition coefficient (Wildman–Crippen LogP) is 3.04. The van der Waals surface area contributed by atoms with Crippen molar-refractivity contribution in [3.05, 3.63) is 42.5 Å². The summed E-state index contributed by atoms with van der Waals surface area (Å²) in [5.41, 5.74) is 0. The number of rotatable bonds is 9.